The lowest BCUT2D eigenvalue weighted by molar-refractivity contribution is 0.348. The van der Waals surface area contributed by atoms with E-state index in [-0.39, 0.29) is 4.90 Å². The van der Waals surface area contributed by atoms with Gasteiger partial charge in [0.05, 0.1) is 30.9 Å². The Balaban J connectivity index is 1.81. The topological polar surface area (TPSA) is 68.2 Å². The molecule has 1 unspecified atom stereocenters. The first-order valence-electron chi connectivity index (χ1n) is 9.59. The number of hydrogen-bond donors (Lipinski definition) is 0. The average molecular weight is 501 g/mol. The van der Waals surface area contributed by atoms with E-state index in [0.29, 0.717) is 23.6 Å². The molecule has 8 heteroatoms. The third-order valence-corrected chi connectivity index (χ3v) is 7.35. The van der Waals surface area contributed by atoms with E-state index in [1.165, 1.54) is 4.41 Å². The molecule has 0 aromatic heterocycles. The molecule has 1 heterocycles. The first-order valence-corrected chi connectivity index (χ1v) is 11.8. The van der Waals surface area contributed by atoms with Gasteiger partial charge in [0.1, 0.15) is 0 Å². The molecule has 0 fully saturated rings. The van der Waals surface area contributed by atoms with E-state index in [1.54, 1.807) is 56.7 Å². The van der Waals surface area contributed by atoms with Gasteiger partial charge in [0, 0.05) is 10.9 Å². The van der Waals surface area contributed by atoms with Crippen molar-refractivity contribution in [3.8, 4) is 11.5 Å². The lowest BCUT2D eigenvalue weighted by Crippen LogP contribution is -2.27. The molecule has 0 radical (unpaired) electrons. The number of hydrazone groups is 1. The molecule has 0 aliphatic carbocycles. The van der Waals surface area contributed by atoms with Crippen molar-refractivity contribution >= 4 is 31.7 Å². The van der Waals surface area contributed by atoms with Crippen LogP contribution in [-0.2, 0) is 10.0 Å². The molecule has 160 valence electrons. The summed E-state index contributed by atoms with van der Waals surface area (Å²) in [7, 11) is -0.738. The van der Waals surface area contributed by atoms with Crippen LogP contribution in [-0.4, -0.2) is 32.8 Å². The molecule has 0 saturated heterocycles. The van der Waals surface area contributed by atoms with Crippen molar-refractivity contribution in [3.05, 3.63) is 88.4 Å². The van der Waals surface area contributed by atoms with Gasteiger partial charge in [0.15, 0.2) is 11.5 Å². The van der Waals surface area contributed by atoms with E-state index in [0.717, 1.165) is 15.6 Å². The summed E-state index contributed by atoms with van der Waals surface area (Å²) in [5.41, 5.74) is 2.35. The first-order chi connectivity index (χ1) is 14.9. The molecule has 1 aliphatic heterocycles. The molecular formula is C23H21BrN2O4S. The Morgan fingerprint density at radius 1 is 0.935 bits per heavy atom. The van der Waals surface area contributed by atoms with Crippen LogP contribution in [0, 0.1) is 0 Å². The second-order valence-corrected chi connectivity index (χ2v) is 9.69. The highest BCUT2D eigenvalue weighted by Crippen LogP contribution is 2.40. The normalized spacial score (nSPS) is 16.2. The number of sulfonamides is 1. The Bertz CT molecular complexity index is 1210. The molecule has 3 aromatic carbocycles. The highest BCUT2D eigenvalue weighted by Gasteiger charge is 2.38. The Morgan fingerprint density at radius 3 is 2.26 bits per heavy atom. The molecule has 1 aliphatic rings. The van der Waals surface area contributed by atoms with Crippen LogP contribution >= 0.6 is 15.9 Å². The number of methoxy groups -OCH3 is 2. The van der Waals surface area contributed by atoms with Crippen molar-refractivity contribution in [1.29, 1.82) is 0 Å². The highest BCUT2D eigenvalue weighted by molar-refractivity contribution is 9.10. The molecule has 0 bridgehead atoms. The molecule has 1 atom stereocenters. The monoisotopic (exact) mass is 500 g/mol. The van der Waals surface area contributed by atoms with Gasteiger partial charge in [-0.1, -0.05) is 52.3 Å². The van der Waals surface area contributed by atoms with E-state index in [4.69, 9.17) is 9.47 Å². The first kappa shape index (κ1) is 21.4. The zero-order valence-electron chi connectivity index (χ0n) is 17.0. The van der Waals surface area contributed by atoms with Crippen molar-refractivity contribution in [2.45, 2.75) is 17.4 Å². The fourth-order valence-corrected chi connectivity index (χ4v) is 5.25. The number of nitrogens with zero attached hydrogens (tertiary/aromatic N) is 2. The van der Waals surface area contributed by atoms with Crippen LogP contribution in [0.4, 0.5) is 0 Å². The van der Waals surface area contributed by atoms with Gasteiger partial charge < -0.3 is 9.47 Å². The number of halogens is 1. The van der Waals surface area contributed by atoms with Crippen molar-refractivity contribution < 1.29 is 17.9 Å². The Hall–Kier alpha value is -2.84. The summed E-state index contributed by atoms with van der Waals surface area (Å²) < 4.78 is 39.9. The Labute approximate surface area is 190 Å². The van der Waals surface area contributed by atoms with Gasteiger partial charge in [0.2, 0.25) is 0 Å². The molecular weight excluding hydrogens is 480 g/mol. The molecule has 31 heavy (non-hydrogen) atoms. The summed E-state index contributed by atoms with van der Waals surface area (Å²) in [5, 5.41) is 4.57. The summed E-state index contributed by atoms with van der Waals surface area (Å²) in [6.45, 7) is 0. The van der Waals surface area contributed by atoms with Gasteiger partial charge in [-0.05, 0) is 47.5 Å². The predicted molar refractivity (Wildman–Crippen MR) is 123 cm³/mol. The maximum Gasteiger partial charge on any atom is 0.279 e. The number of rotatable bonds is 6. The Morgan fingerprint density at radius 2 is 1.61 bits per heavy atom. The minimum atomic E-state index is -3.86. The largest absolute Gasteiger partial charge is 0.493 e. The molecule has 6 nitrogen and oxygen atoms in total. The predicted octanol–water partition coefficient (Wildman–Crippen LogP) is 5.01. The van der Waals surface area contributed by atoms with Crippen LogP contribution in [0.2, 0.25) is 0 Å². The van der Waals surface area contributed by atoms with Crippen LogP contribution in [0.15, 0.2) is 87.3 Å². The van der Waals surface area contributed by atoms with Crippen LogP contribution in [0.25, 0.3) is 0 Å². The van der Waals surface area contributed by atoms with Gasteiger partial charge in [-0.15, -0.1) is 0 Å². The number of benzene rings is 3. The quantitative estimate of drug-likeness (QED) is 0.477. The minimum absolute atomic E-state index is 0.196. The highest BCUT2D eigenvalue weighted by atomic mass is 79.9. The summed E-state index contributed by atoms with van der Waals surface area (Å²) >= 11 is 3.43. The molecule has 0 saturated carbocycles. The van der Waals surface area contributed by atoms with Crippen molar-refractivity contribution in [2.24, 2.45) is 5.10 Å². The molecule has 0 spiro atoms. The van der Waals surface area contributed by atoms with Crippen molar-refractivity contribution in [2.75, 3.05) is 14.2 Å². The molecule has 4 rings (SSSR count). The zero-order valence-corrected chi connectivity index (χ0v) is 19.4. The SMILES string of the molecule is COc1ccc(C2CC(c3ccc(Br)cc3)=NN2S(=O)(=O)c2ccccc2)cc1OC. The lowest BCUT2D eigenvalue weighted by atomic mass is 9.99. The smallest absolute Gasteiger partial charge is 0.279 e. The average Bonchev–Trinajstić information content (AvgIpc) is 3.26. The van der Waals surface area contributed by atoms with Crippen molar-refractivity contribution in [1.82, 2.24) is 4.41 Å². The third kappa shape index (κ3) is 4.18. The maximum atomic E-state index is 13.5. The second-order valence-electron chi connectivity index (χ2n) is 6.98. The molecule has 0 N–H and O–H groups in total. The van der Waals surface area contributed by atoms with Crippen LogP contribution in [0.3, 0.4) is 0 Å². The van der Waals surface area contributed by atoms with Crippen LogP contribution < -0.4 is 9.47 Å². The maximum absolute atomic E-state index is 13.5. The molecule has 0 amide bonds. The summed E-state index contributed by atoms with van der Waals surface area (Å²) in [6.07, 6.45) is 0.434. The van der Waals surface area contributed by atoms with Gasteiger partial charge >= 0.3 is 0 Å². The Kier molecular flexibility index (Phi) is 6.02. The van der Waals surface area contributed by atoms with Gasteiger partial charge in [-0.2, -0.15) is 17.9 Å². The fraction of sp³-hybridized carbons (Fsp3) is 0.174. The standard InChI is InChI=1S/C23H21BrN2O4S/c1-29-22-13-10-17(14-23(22)30-2)21-15-20(16-8-11-18(24)12-9-16)25-26(21)31(27,28)19-6-4-3-5-7-19/h3-14,21H,15H2,1-2H3. The lowest BCUT2D eigenvalue weighted by Gasteiger charge is -2.24. The van der Waals surface area contributed by atoms with E-state index < -0.39 is 16.1 Å². The van der Waals surface area contributed by atoms with E-state index in [1.807, 2.05) is 30.3 Å². The second kappa shape index (κ2) is 8.72. The minimum Gasteiger partial charge on any atom is -0.493 e. The third-order valence-electron chi connectivity index (χ3n) is 5.13. The summed E-state index contributed by atoms with van der Waals surface area (Å²) in [5.74, 6) is 1.12. The van der Waals surface area contributed by atoms with Gasteiger partial charge in [-0.25, -0.2) is 0 Å². The van der Waals surface area contributed by atoms with Crippen molar-refractivity contribution in [3.63, 3.8) is 0 Å². The molecule has 3 aromatic rings. The van der Waals surface area contributed by atoms with E-state index >= 15 is 0 Å². The van der Waals surface area contributed by atoms with E-state index in [9.17, 15) is 8.42 Å². The summed E-state index contributed by atoms with van der Waals surface area (Å²) in [6, 6.07) is 20.9. The van der Waals surface area contributed by atoms with E-state index in [2.05, 4.69) is 21.0 Å². The zero-order chi connectivity index (χ0) is 22.0. The fourth-order valence-electron chi connectivity index (χ4n) is 3.54. The number of ether oxygens (including phenoxy) is 2. The summed E-state index contributed by atoms with van der Waals surface area (Å²) in [4.78, 5) is 0.196. The number of hydrogen-bond acceptors (Lipinski definition) is 5. The van der Waals surface area contributed by atoms with Crippen LogP contribution in [0.1, 0.15) is 23.6 Å². The van der Waals surface area contributed by atoms with Gasteiger partial charge in [0.25, 0.3) is 10.0 Å². The van der Waals surface area contributed by atoms with Gasteiger partial charge in [-0.3, -0.25) is 0 Å². The van der Waals surface area contributed by atoms with Crippen LogP contribution in [0.5, 0.6) is 11.5 Å².